The fourth-order valence-electron chi connectivity index (χ4n) is 1.51. The van der Waals surface area contributed by atoms with Gasteiger partial charge in [0.15, 0.2) is 0 Å². The number of nitrogens with two attached hydrogens (primary N) is 1. The van der Waals surface area contributed by atoms with Crippen molar-refractivity contribution in [2.75, 3.05) is 19.8 Å². The van der Waals surface area contributed by atoms with E-state index in [0.717, 1.165) is 32.6 Å². The zero-order valence-corrected chi connectivity index (χ0v) is 8.79. The molecule has 0 unspecified atom stereocenters. The van der Waals surface area contributed by atoms with Crippen molar-refractivity contribution in [2.24, 2.45) is 11.7 Å². The molecule has 82 valence electrons. The van der Waals surface area contributed by atoms with E-state index in [4.69, 9.17) is 10.5 Å². The minimum atomic E-state index is -0.352. The largest absolute Gasteiger partial charge is 0.381 e. The third kappa shape index (κ3) is 3.64. The van der Waals surface area contributed by atoms with Gasteiger partial charge in [-0.2, -0.15) is 0 Å². The molecule has 1 amide bonds. The van der Waals surface area contributed by atoms with Gasteiger partial charge >= 0.3 is 0 Å². The van der Waals surface area contributed by atoms with Gasteiger partial charge in [0.1, 0.15) is 0 Å². The third-order valence-electron chi connectivity index (χ3n) is 2.68. The molecule has 1 aliphatic rings. The van der Waals surface area contributed by atoms with E-state index in [-0.39, 0.29) is 11.9 Å². The summed E-state index contributed by atoms with van der Waals surface area (Å²) in [4.78, 5) is 11.3. The van der Waals surface area contributed by atoms with Crippen LogP contribution in [-0.4, -0.2) is 31.7 Å². The van der Waals surface area contributed by atoms with Crippen LogP contribution in [0.2, 0.25) is 0 Å². The first-order valence-corrected chi connectivity index (χ1v) is 5.35. The highest BCUT2D eigenvalue weighted by Crippen LogP contribution is 2.13. The summed E-state index contributed by atoms with van der Waals surface area (Å²) in [6.45, 7) is 4.30. The van der Waals surface area contributed by atoms with Crippen LogP contribution in [0.5, 0.6) is 0 Å². The average Bonchev–Trinajstić information content (AvgIpc) is 2.26. The molecule has 4 nitrogen and oxygen atoms in total. The monoisotopic (exact) mass is 200 g/mol. The number of nitrogens with one attached hydrogen (secondary N) is 1. The molecular formula is C10H20N2O2. The van der Waals surface area contributed by atoms with Gasteiger partial charge < -0.3 is 15.8 Å². The molecule has 0 bridgehead atoms. The third-order valence-corrected chi connectivity index (χ3v) is 2.68. The highest BCUT2D eigenvalue weighted by atomic mass is 16.5. The Morgan fingerprint density at radius 3 is 2.79 bits per heavy atom. The van der Waals surface area contributed by atoms with E-state index in [1.54, 1.807) is 0 Å². The molecule has 1 saturated heterocycles. The minimum Gasteiger partial charge on any atom is -0.381 e. The molecule has 3 N–H and O–H groups in total. The van der Waals surface area contributed by atoms with Crippen molar-refractivity contribution >= 4 is 5.91 Å². The SMILES string of the molecule is CC[C@@H](N)C(=O)NCC1CCOCC1. The lowest BCUT2D eigenvalue weighted by Crippen LogP contribution is -2.42. The van der Waals surface area contributed by atoms with Gasteiger partial charge in [-0.1, -0.05) is 6.92 Å². The van der Waals surface area contributed by atoms with Crippen molar-refractivity contribution in [1.82, 2.24) is 5.32 Å². The molecular weight excluding hydrogens is 180 g/mol. The molecule has 1 fully saturated rings. The quantitative estimate of drug-likeness (QED) is 0.684. The van der Waals surface area contributed by atoms with Gasteiger partial charge in [0, 0.05) is 19.8 Å². The molecule has 0 aromatic rings. The molecule has 1 rings (SSSR count). The van der Waals surface area contributed by atoms with Crippen LogP contribution >= 0.6 is 0 Å². The fraction of sp³-hybridized carbons (Fsp3) is 0.900. The van der Waals surface area contributed by atoms with Gasteiger partial charge in [0.25, 0.3) is 0 Å². The highest BCUT2D eigenvalue weighted by molar-refractivity contribution is 5.81. The average molecular weight is 200 g/mol. The van der Waals surface area contributed by atoms with Crippen LogP contribution in [-0.2, 0) is 9.53 Å². The Labute approximate surface area is 85.2 Å². The lowest BCUT2D eigenvalue weighted by atomic mass is 10.0. The Morgan fingerprint density at radius 1 is 1.57 bits per heavy atom. The van der Waals surface area contributed by atoms with Crippen molar-refractivity contribution in [3.05, 3.63) is 0 Å². The number of rotatable bonds is 4. The van der Waals surface area contributed by atoms with Crippen LogP contribution in [0.1, 0.15) is 26.2 Å². The summed E-state index contributed by atoms with van der Waals surface area (Å²) in [5.74, 6) is 0.538. The van der Waals surface area contributed by atoms with Crippen LogP contribution < -0.4 is 11.1 Å². The summed E-state index contributed by atoms with van der Waals surface area (Å²) >= 11 is 0. The Morgan fingerprint density at radius 2 is 2.21 bits per heavy atom. The standard InChI is InChI=1S/C10H20N2O2/c1-2-9(11)10(13)12-7-8-3-5-14-6-4-8/h8-9H,2-7,11H2,1H3,(H,12,13)/t9-/m1/s1. The summed E-state index contributed by atoms with van der Waals surface area (Å²) in [7, 11) is 0. The molecule has 4 heteroatoms. The van der Waals surface area contributed by atoms with Gasteiger partial charge in [0.2, 0.25) is 5.91 Å². The lowest BCUT2D eigenvalue weighted by Gasteiger charge is -2.22. The van der Waals surface area contributed by atoms with Crippen LogP contribution in [0, 0.1) is 5.92 Å². The lowest BCUT2D eigenvalue weighted by molar-refractivity contribution is -0.122. The van der Waals surface area contributed by atoms with E-state index in [9.17, 15) is 4.79 Å². The Balaban J connectivity index is 2.15. The number of carbonyl (C=O) groups excluding carboxylic acids is 1. The molecule has 0 aromatic heterocycles. The van der Waals surface area contributed by atoms with Gasteiger partial charge in [-0.3, -0.25) is 4.79 Å². The summed E-state index contributed by atoms with van der Waals surface area (Å²) in [6.07, 6.45) is 2.78. The first-order chi connectivity index (χ1) is 6.74. The van der Waals surface area contributed by atoms with Gasteiger partial charge in [-0.05, 0) is 25.2 Å². The summed E-state index contributed by atoms with van der Waals surface area (Å²) in [5, 5.41) is 2.88. The van der Waals surface area contributed by atoms with E-state index in [1.807, 2.05) is 6.92 Å². The second-order valence-electron chi connectivity index (χ2n) is 3.82. The molecule has 1 aliphatic heterocycles. The second kappa shape index (κ2) is 5.98. The van der Waals surface area contributed by atoms with Crippen molar-refractivity contribution in [3.8, 4) is 0 Å². The topological polar surface area (TPSA) is 64.4 Å². The van der Waals surface area contributed by atoms with Crippen LogP contribution in [0.4, 0.5) is 0 Å². The van der Waals surface area contributed by atoms with E-state index in [0.29, 0.717) is 12.3 Å². The van der Waals surface area contributed by atoms with Gasteiger partial charge in [-0.25, -0.2) is 0 Å². The van der Waals surface area contributed by atoms with Crippen LogP contribution in [0.3, 0.4) is 0 Å². The number of ether oxygens (including phenoxy) is 1. The normalized spacial score (nSPS) is 20.4. The predicted molar refractivity (Wildman–Crippen MR) is 54.8 cm³/mol. The molecule has 0 spiro atoms. The second-order valence-corrected chi connectivity index (χ2v) is 3.82. The molecule has 0 radical (unpaired) electrons. The maximum atomic E-state index is 11.3. The zero-order valence-electron chi connectivity index (χ0n) is 8.79. The number of amides is 1. The van der Waals surface area contributed by atoms with E-state index >= 15 is 0 Å². The van der Waals surface area contributed by atoms with Crippen LogP contribution in [0.15, 0.2) is 0 Å². The molecule has 0 saturated carbocycles. The van der Waals surface area contributed by atoms with Gasteiger partial charge in [0.05, 0.1) is 6.04 Å². The van der Waals surface area contributed by atoms with E-state index < -0.39 is 0 Å². The number of hydrogen-bond acceptors (Lipinski definition) is 3. The highest BCUT2D eigenvalue weighted by Gasteiger charge is 2.16. The maximum absolute atomic E-state index is 11.3. The fourth-order valence-corrected chi connectivity index (χ4v) is 1.51. The van der Waals surface area contributed by atoms with Crippen molar-refractivity contribution < 1.29 is 9.53 Å². The first kappa shape index (κ1) is 11.5. The molecule has 1 heterocycles. The minimum absolute atomic E-state index is 0.0287. The predicted octanol–water partition coefficient (Wildman–Crippen LogP) is 0.267. The molecule has 1 atom stereocenters. The summed E-state index contributed by atoms with van der Waals surface area (Å²) < 4.78 is 5.24. The number of hydrogen-bond donors (Lipinski definition) is 2. The van der Waals surface area contributed by atoms with Crippen molar-refractivity contribution in [3.63, 3.8) is 0 Å². The van der Waals surface area contributed by atoms with Crippen molar-refractivity contribution in [1.29, 1.82) is 0 Å². The Hall–Kier alpha value is -0.610. The van der Waals surface area contributed by atoms with E-state index in [1.165, 1.54) is 0 Å². The van der Waals surface area contributed by atoms with E-state index in [2.05, 4.69) is 5.32 Å². The molecule has 0 aromatic carbocycles. The van der Waals surface area contributed by atoms with Crippen LogP contribution in [0.25, 0.3) is 0 Å². The zero-order chi connectivity index (χ0) is 10.4. The van der Waals surface area contributed by atoms with Crippen molar-refractivity contribution in [2.45, 2.75) is 32.2 Å². The smallest absolute Gasteiger partial charge is 0.236 e. The maximum Gasteiger partial charge on any atom is 0.236 e. The first-order valence-electron chi connectivity index (χ1n) is 5.35. The summed E-state index contributed by atoms with van der Waals surface area (Å²) in [5.41, 5.74) is 5.60. The van der Waals surface area contributed by atoms with Gasteiger partial charge in [-0.15, -0.1) is 0 Å². The summed E-state index contributed by atoms with van der Waals surface area (Å²) in [6, 6.07) is -0.352. The Bertz CT molecular complexity index is 179. The molecule has 0 aliphatic carbocycles. The Kier molecular flexibility index (Phi) is 4.90. The molecule has 14 heavy (non-hydrogen) atoms. The number of carbonyl (C=O) groups is 1.